The third kappa shape index (κ3) is 3.98. The standard InChI is InChI=1S/C18H17N3O4S/c1-3-25-14-7-5-4-6-11(14)16-12(8-19)17(23)21-18(13(16)9-20)26-10-15(22)24-2/h4-7,12,16H,3,10H2,1-2H3,(H,21,23)/t12-,16+/m1/s1. The van der Waals surface area contributed by atoms with Gasteiger partial charge in [0.05, 0.1) is 48.1 Å². The first-order valence-corrected chi connectivity index (χ1v) is 8.82. The third-order valence-corrected chi connectivity index (χ3v) is 4.77. The molecule has 0 bridgehead atoms. The topological polar surface area (TPSA) is 112 Å². The molecule has 1 amide bonds. The van der Waals surface area contributed by atoms with Crippen LogP contribution in [0.4, 0.5) is 0 Å². The SMILES string of the molecule is CCOc1ccccc1[C@@H]1C(C#N)=C(SCC(=O)OC)NC(=O)[C@@H]1C#N. The van der Waals surface area contributed by atoms with Gasteiger partial charge in [-0.2, -0.15) is 10.5 Å². The lowest BCUT2D eigenvalue weighted by Crippen LogP contribution is -2.39. The number of amides is 1. The van der Waals surface area contributed by atoms with E-state index >= 15 is 0 Å². The van der Waals surface area contributed by atoms with Crippen LogP contribution >= 0.6 is 11.8 Å². The molecule has 0 aromatic heterocycles. The fourth-order valence-corrected chi connectivity index (χ4v) is 3.51. The molecule has 0 aliphatic carbocycles. The van der Waals surface area contributed by atoms with Crippen molar-refractivity contribution in [2.24, 2.45) is 5.92 Å². The van der Waals surface area contributed by atoms with E-state index in [-0.39, 0.29) is 16.4 Å². The molecule has 7 nitrogen and oxygen atoms in total. The van der Waals surface area contributed by atoms with Gasteiger partial charge in [0, 0.05) is 5.56 Å². The number of allylic oxidation sites excluding steroid dienone is 1. The second-order valence-corrected chi connectivity index (χ2v) is 6.25. The van der Waals surface area contributed by atoms with Crippen molar-refractivity contribution in [2.75, 3.05) is 19.5 Å². The molecular weight excluding hydrogens is 354 g/mol. The highest BCUT2D eigenvalue weighted by molar-refractivity contribution is 8.03. The van der Waals surface area contributed by atoms with Crippen LogP contribution in [0.5, 0.6) is 5.75 Å². The van der Waals surface area contributed by atoms with Gasteiger partial charge in [-0.15, -0.1) is 0 Å². The van der Waals surface area contributed by atoms with Crippen LogP contribution in [0.3, 0.4) is 0 Å². The Morgan fingerprint density at radius 2 is 2.08 bits per heavy atom. The Hall–Kier alpha value is -2.97. The maximum absolute atomic E-state index is 12.4. The normalized spacial score (nSPS) is 19.2. The highest BCUT2D eigenvalue weighted by atomic mass is 32.2. The van der Waals surface area contributed by atoms with Crippen LogP contribution in [0.15, 0.2) is 34.9 Å². The largest absolute Gasteiger partial charge is 0.494 e. The summed E-state index contributed by atoms with van der Waals surface area (Å²) in [6.07, 6.45) is 0. The first-order chi connectivity index (χ1) is 12.6. The molecule has 1 aromatic carbocycles. The number of benzene rings is 1. The summed E-state index contributed by atoms with van der Waals surface area (Å²) >= 11 is 0.997. The summed E-state index contributed by atoms with van der Waals surface area (Å²) in [7, 11) is 1.26. The Balaban J connectivity index is 2.55. The number of nitrogens with zero attached hydrogens (tertiary/aromatic N) is 2. The summed E-state index contributed by atoms with van der Waals surface area (Å²) in [6.45, 7) is 2.23. The molecule has 2 rings (SSSR count). The molecule has 1 aromatic rings. The van der Waals surface area contributed by atoms with Crippen LogP contribution in [0.25, 0.3) is 0 Å². The van der Waals surface area contributed by atoms with Crippen LogP contribution in [0.1, 0.15) is 18.4 Å². The minimum Gasteiger partial charge on any atom is -0.494 e. The highest BCUT2D eigenvalue weighted by Gasteiger charge is 2.40. The minimum atomic E-state index is -1.08. The van der Waals surface area contributed by atoms with Gasteiger partial charge in [0.15, 0.2) is 0 Å². The number of esters is 1. The molecule has 0 fully saturated rings. The second kappa shape index (κ2) is 8.93. The number of carbonyl (C=O) groups is 2. The zero-order valence-corrected chi connectivity index (χ0v) is 15.1. The lowest BCUT2D eigenvalue weighted by molar-refractivity contribution is -0.137. The molecule has 26 heavy (non-hydrogen) atoms. The summed E-state index contributed by atoms with van der Waals surface area (Å²) in [6, 6.07) is 11.1. The minimum absolute atomic E-state index is 0.0612. The van der Waals surface area contributed by atoms with Crippen LogP contribution < -0.4 is 10.1 Å². The van der Waals surface area contributed by atoms with Gasteiger partial charge in [-0.05, 0) is 13.0 Å². The van der Waals surface area contributed by atoms with Gasteiger partial charge >= 0.3 is 5.97 Å². The molecule has 1 heterocycles. The Labute approximate surface area is 155 Å². The molecule has 2 atom stereocenters. The predicted molar refractivity (Wildman–Crippen MR) is 94.7 cm³/mol. The summed E-state index contributed by atoms with van der Waals surface area (Å²) in [5.41, 5.74) is 0.806. The van der Waals surface area contributed by atoms with E-state index in [0.717, 1.165) is 11.8 Å². The van der Waals surface area contributed by atoms with E-state index in [1.165, 1.54) is 7.11 Å². The number of para-hydroxylation sites is 1. The van der Waals surface area contributed by atoms with Crippen molar-refractivity contribution in [3.8, 4) is 17.9 Å². The number of nitrogens with one attached hydrogen (secondary N) is 1. The third-order valence-electron chi connectivity index (χ3n) is 3.78. The van der Waals surface area contributed by atoms with E-state index in [4.69, 9.17) is 4.74 Å². The zero-order chi connectivity index (χ0) is 19.1. The second-order valence-electron chi connectivity index (χ2n) is 5.26. The summed E-state index contributed by atoms with van der Waals surface area (Å²) in [5.74, 6) is -2.40. The molecule has 0 spiro atoms. The number of hydrogen-bond acceptors (Lipinski definition) is 7. The molecule has 0 saturated carbocycles. The first-order valence-electron chi connectivity index (χ1n) is 7.83. The average Bonchev–Trinajstić information content (AvgIpc) is 2.66. The van der Waals surface area contributed by atoms with Crippen LogP contribution in [0.2, 0.25) is 0 Å². The summed E-state index contributed by atoms with van der Waals surface area (Å²) < 4.78 is 10.2. The first kappa shape index (κ1) is 19.4. The maximum Gasteiger partial charge on any atom is 0.316 e. The quantitative estimate of drug-likeness (QED) is 0.762. The van der Waals surface area contributed by atoms with E-state index in [2.05, 4.69) is 16.1 Å². The molecular formula is C18H17N3O4S. The van der Waals surface area contributed by atoms with Crippen LogP contribution in [-0.4, -0.2) is 31.3 Å². The maximum atomic E-state index is 12.4. The Morgan fingerprint density at radius 1 is 1.35 bits per heavy atom. The molecule has 1 aliphatic rings. The van der Waals surface area contributed by atoms with Gasteiger partial charge < -0.3 is 14.8 Å². The van der Waals surface area contributed by atoms with E-state index in [9.17, 15) is 20.1 Å². The van der Waals surface area contributed by atoms with Gasteiger partial charge in [0.2, 0.25) is 5.91 Å². The summed E-state index contributed by atoms with van der Waals surface area (Å²) in [4.78, 5) is 23.8. The number of hydrogen-bond donors (Lipinski definition) is 1. The predicted octanol–water partition coefficient (Wildman–Crippen LogP) is 2.08. The van der Waals surface area contributed by atoms with Gasteiger partial charge in [0.25, 0.3) is 0 Å². The zero-order valence-electron chi connectivity index (χ0n) is 14.3. The van der Waals surface area contributed by atoms with Crippen molar-refractivity contribution in [3.63, 3.8) is 0 Å². The fourth-order valence-electron chi connectivity index (χ4n) is 2.63. The number of carbonyl (C=O) groups excluding carboxylic acids is 2. The van der Waals surface area contributed by atoms with Gasteiger partial charge in [-0.25, -0.2) is 0 Å². The molecule has 0 saturated heterocycles. The van der Waals surface area contributed by atoms with Gasteiger partial charge in [0.1, 0.15) is 11.7 Å². The smallest absolute Gasteiger partial charge is 0.316 e. The van der Waals surface area contributed by atoms with Crippen molar-refractivity contribution >= 4 is 23.6 Å². The van der Waals surface area contributed by atoms with Crippen LogP contribution in [0, 0.1) is 28.6 Å². The number of nitriles is 2. The Bertz CT molecular complexity index is 822. The van der Waals surface area contributed by atoms with Crippen molar-refractivity contribution < 1.29 is 19.1 Å². The van der Waals surface area contributed by atoms with Crippen molar-refractivity contribution in [2.45, 2.75) is 12.8 Å². The molecule has 1 N–H and O–H groups in total. The Kier molecular flexibility index (Phi) is 6.65. The molecule has 134 valence electrons. The highest BCUT2D eigenvalue weighted by Crippen LogP contribution is 2.42. The van der Waals surface area contributed by atoms with E-state index in [0.29, 0.717) is 17.9 Å². The van der Waals surface area contributed by atoms with Crippen molar-refractivity contribution in [1.29, 1.82) is 10.5 Å². The Morgan fingerprint density at radius 3 is 2.69 bits per heavy atom. The van der Waals surface area contributed by atoms with E-state index in [1.807, 2.05) is 13.0 Å². The lowest BCUT2D eigenvalue weighted by Gasteiger charge is -2.29. The monoisotopic (exact) mass is 371 g/mol. The number of thioether (sulfide) groups is 1. The summed E-state index contributed by atoms with van der Waals surface area (Å²) in [5, 5.41) is 22.0. The van der Waals surface area contributed by atoms with Crippen molar-refractivity contribution in [1.82, 2.24) is 5.32 Å². The number of methoxy groups -OCH3 is 1. The van der Waals surface area contributed by atoms with Gasteiger partial charge in [-0.1, -0.05) is 30.0 Å². The molecule has 1 aliphatic heterocycles. The van der Waals surface area contributed by atoms with E-state index < -0.39 is 23.7 Å². The fraction of sp³-hybridized carbons (Fsp3) is 0.333. The lowest BCUT2D eigenvalue weighted by atomic mass is 9.79. The van der Waals surface area contributed by atoms with E-state index in [1.54, 1.807) is 24.3 Å². The average molecular weight is 371 g/mol. The molecule has 0 radical (unpaired) electrons. The molecule has 8 heteroatoms. The number of rotatable bonds is 6. The van der Waals surface area contributed by atoms with Crippen molar-refractivity contribution in [3.05, 3.63) is 40.4 Å². The molecule has 0 unspecified atom stereocenters. The van der Waals surface area contributed by atoms with Crippen LogP contribution in [-0.2, 0) is 14.3 Å². The van der Waals surface area contributed by atoms with Gasteiger partial charge in [-0.3, -0.25) is 9.59 Å². The number of ether oxygens (including phenoxy) is 2.